The first-order chi connectivity index (χ1) is 16.6. The normalized spacial score (nSPS) is 12.2. The van der Waals surface area contributed by atoms with E-state index in [9.17, 15) is 9.18 Å². The number of hydrogen-bond donors (Lipinski definition) is 0. The number of hydrogen-bond acceptors (Lipinski definition) is 2. The van der Waals surface area contributed by atoms with Crippen molar-refractivity contribution in [2.45, 2.75) is 19.5 Å². The molecule has 174 valence electrons. The van der Waals surface area contributed by atoms with E-state index in [1.165, 1.54) is 24.3 Å². The van der Waals surface area contributed by atoms with Crippen LogP contribution in [-0.4, -0.2) is 10.4 Å². The summed E-state index contributed by atoms with van der Waals surface area (Å²) in [4.78, 5) is 12.9. The third-order valence-electron chi connectivity index (χ3n) is 6.51. The van der Waals surface area contributed by atoms with E-state index in [2.05, 4.69) is 35.8 Å². The lowest BCUT2D eigenvalue weighted by molar-refractivity contribution is -0.658. The summed E-state index contributed by atoms with van der Waals surface area (Å²) in [7, 11) is 0. The van der Waals surface area contributed by atoms with Gasteiger partial charge in [0.05, 0.1) is 0 Å². The molecule has 0 fully saturated rings. The minimum absolute atomic E-state index is 0. The summed E-state index contributed by atoms with van der Waals surface area (Å²) in [6, 6.07) is 28.2. The second-order valence-corrected chi connectivity index (χ2v) is 8.60. The van der Waals surface area contributed by atoms with Crippen molar-refractivity contribution in [2.24, 2.45) is 0 Å². The predicted octanol–water partition coefficient (Wildman–Crippen LogP) is 3.46. The first kappa shape index (κ1) is 23.0. The molecule has 0 spiro atoms. The molecule has 0 radical (unpaired) electrons. The van der Waals surface area contributed by atoms with E-state index in [1.807, 2.05) is 53.4 Å². The van der Waals surface area contributed by atoms with Gasteiger partial charge in [-0.3, -0.25) is 4.79 Å². The fourth-order valence-corrected chi connectivity index (χ4v) is 4.68. The van der Waals surface area contributed by atoms with Crippen LogP contribution < -0.4 is 21.5 Å². The quantitative estimate of drug-likeness (QED) is 0.254. The third-order valence-corrected chi connectivity index (χ3v) is 6.51. The number of benzene rings is 4. The number of imidazole rings is 1. The average molecular weight is 529 g/mol. The lowest BCUT2D eigenvalue weighted by Crippen LogP contribution is -3.00. The molecule has 0 amide bonds. The van der Waals surface area contributed by atoms with Crippen LogP contribution in [0.15, 0.2) is 102 Å². The molecule has 2 aromatic heterocycles. The van der Waals surface area contributed by atoms with Gasteiger partial charge in [0.25, 0.3) is 0 Å². The molecule has 0 aliphatic rings. The smallest absolute Gasteiger partial charge is 0.245 e. The van der Waals surface area contributed by atoms with Crippen molar-refractivity contribution in [3.8, 4) is 0 Å². The lowest BCUT2D eigenvalue weighted by atomic mass is 10.0. The summed E-state index contributed by atoms with van der Waals surface area (Å²) in [5, 5.41) is 2.19. The molecule has 0 aliphatic heterocycles. The number of ketones is 1. The molecule has 0 bridgehead atoms. The number of nitrogens with zero attached hydrogens (tertiary/aromatic N) is 2. The minimum atomic E-state index is -0.350. The number of carbonyl (C=O) groups excluding carboxylic acids is 1. The Hall–Kier alpha value is -3.77. The Kier molecular flexibility index (Phi) is 5.99. The first-order valence-corrected chi connectivity index (χ1v) is 11.3. The van der Waals surface area contributed by atoms with Crippen molar-refractivity contribution in [1.29, 1.82) is 0 Å². The highest BCUT2D eigenvalue weighted by molar-refractivity contribution is 6.05. The number of furan rings is 1. The van der Waals surface area contributed by atoms with Crippen LogP contribution in [0.3, 0.4) is 0 Å². The summed E-state index contributed by atoms with van der Waals surface area (Å²) in [5.41, 5.74) is 5.41. The SMILES string of the molecule is CC(c1ccc2oc3ccccc3c2c1)n1c[n+](CC(=O)c2ccc(F)cc2)c2ccccc21.[Br-]. The highest BCUT2D eigenvalue weighted by Gasteiger charge is 2.23. The van der Waals surface area contributed by atoms with Crippen LogP contribution in [0.1, 0.15) is 28.9 Å². The average Bonchev–Trinajstić information content (AvgIpc) is 3.42. The predicted molar refractivity (Wildman–Crippen MR) is 130 cm³/mol. The second kappa shape index (κ2) is 9.12. The standard InChI is InChI=1S/C29H22FN2O2.BrH/c1-19(21-12-15-29-24(16-21)23-6-2-5-9-28(23)34-29)32-18-31(25-7-3-4-8-26(25)32)17-27(33)20-10-13-22(30)14-11-20;/h2-16,18-19H,17H2,1H3;1H/q+1;/p-1. The molecule has 1 atom stereocenters. The molecule has 0 aliphatic carbocycles. The number of fused-ring (bicyclic) bond motifs is 4. The van der Waals surface area contributed by atoms with Crippen LogP contribution >= 0.6 is 0 Å². The summed E-state index contributed by atoms with van der Waals surface area (Å²) in [5.74, 6) is -0.413. The number of aromatic nitrogens is 2. The van der Waals surface area contributed by atoms with E-state index in [-0.39, 0.29) is 41.2 Å². The van der Waals surface area contributed by atoms with Gasteiger partial charge in [0.2, 0.25) is 12.1 Å². The lowest BCUT2D eigenvalue weighted by Gasteiger charge is -2.09. The van der Waals surface area contributed by atoms with E-state index >= 15 is 0 Å². The highest BCUT2D eigenvalue weighted by Crippen LogP contribution is 2.32. The number of rotatable bonds is 5. The third kappa shape index (κ3) is 4.04. The Bertz CT molecular complexity index is 1680. The zero-order chi connectivity index (χ0) is 23.2. The molecular weight excluding hydrogens is 507 g/mol. The van der Waals surface area contributed by atoms with Crippen LogP contribution in [0, 0.1) is 5.82 Å². The summed E-state index contributed by atoms with van der Waals surface area (Å²) in [6.07, 6.45) is 1.99. The van der Waals surface area contributed by atoms with Crippen molar-refractivity contribution in [3.63, 3.8) is 0 Å². The Morgan fingerprint density at radius 1 is 0.914 bits per heavy atom. The number of para-hydroxylation sites is 3. The molecule has 2 heterocycles. The Morgan fingerprint density at radius 3 is 2.46 bits per heavy atom. The van der Waals surface area contributed by atoms with Crippen molar-refractivity contribution in [1.82, 2.24) is 4.57 Å². The van der Waals surface area contributed by atoms with Crippen LogP contribution in [0.5, 0.6) is 0 Å². The van der Waals surface area contributed by atoms with Gasteiger partial charge in [-0.25, -0.2) is 13.5 Å². The van der Waals surface area contributed by atoms with Gasteiger partial charge in [0, 0.05) is 16.3 Å². The van der Waals surface area contributed by atoms with Gasteiger partial charge in [-0.15, -0.1) is 0 Å². The monoisotopic (exact) mass is 528 g/mol. The maximum absolute atomic E-state index is 13.3. The van der Waals surface area contributed by atoms with Gasteiger partial charge in [0.1, 0.15) is 23.0 Å². The minimum Gasteiger partial charge on any atom is -1.00 e. The van der Waals surface area contributed by atoms with Crippen molar-refractivity contribution < 1.29 is 35.2 Å². The highest BCUT2D eigenvalue weighted by atomic mass is 79.9. The Labute approximate surface area is 212 Å². The van der Waals surface area contributed by atoms with Gasteiger partial charge in [0.15, 0.2) is 17.6 Å². The molecule has 1 unspecified atom stereocenters. The van der Waals surface area contributed by atoms with E-state index in [0.717, 1.165) is 38.5 Å². The summed E-state index contributed by atoms with van der Waals surface area (Å²) < 4.78 is 23.4. The molecule has 0 saturated heterocycles. The molecule has 4 aromatic carbocycles. The van der Waals surface area contributed by atoms with Crippen molar-refractivity contribution >= 4 is 38.8 Å². The molecular formula is C29H22BrFN2O2. The van der Waals surface area contributed by atoms with E-state index in [4.69, 9.17) is 4.42 Å². The Morgan fingerprint density at radius 2 is 1.63 bits per heavy atom. The molecule has 4 nitrogen and oxygen atoms in total. The van der Waals surface area contributed by atoms with Gasteiger partial charge < -0.3 is 21.4 Å². The molecule has 0 saturated carbocycles. The molecule has 6 aromatic rings. The maximum atomic E-state index is 13.3. The molecule has 6 heteroatoms. The van der Waals surface area contributed by atoms with Gasteiger partial charge in [-0.05, 0) is 67.1 Å². The van der Waals surface area contributed by atoms with Crippen LogP contribution in [0.2, 0.25) is 0 Å². The van der Waals surface area contributed by atoms with Crippen molar-refractivity contribution in [3.05, 3.63) is 114 Å². The number of carbonyl (C=O) groups is 1. The molecule has 35 heavy (non-hydrogen) atoms. The summed E-state index contributed by atoms with van der Waals surface area (Å²) in [6.45, 7) is 2.33. The Balaban J connectivity index is 0.00000253. The van der Waals surface area contributed by atoms with Gasteiger partial charge in [-0.2, -0.15) is 0 Å². The fourth-order valence-electron chi connectivity index (χ4n) is 4.68. The largest absolute Gasteiger partial charge is 1.00 e. The second-order valence-electron chi connectivity index (χ2n) is 8.60. The van der Waals surface area contributed by atoms with Crippen molar-refractivity contribution in [2.75, 3.05) is 0 Å². The van der Waals surface area contributed by atoms with E-state index < -0.39 is 0 Å². The number of Topliss-reactive ketones (excluding diaryl/α,β-unsaturated/α-hetero) is 1. The number of halogens is 2. The first-order valence-electron chi connectivity index (χ1n) is 11.3. The van der Waals surface area contributed by atoms with Crippen LogP contribution in [-0.2, 0) is 6.54 Å². The zero-order valence-electron chi connectivity index (χ0n) is 19.0. The molecule has 6 rings (SSSR count). The summed E-state index contributed by atoms with van der Waals surface area (Å²) >= 11 is 0. The van der Waals surface area contributed by atoms with Crippen LogP contribution in [0.4, 0.5) is 4.39 Å². The van der Waals surface area contributed by atoms with Gasteiger partial charge in [-0.1, -0.05) is 36.4 Å². The van der Waals surface area contributed by atoms with E-state index in [0.29, 0.717) is 5.56 Å². The van der Waals surface area contributed by atoms with Crippen LogP contribution in [0.25, 0.3) is 33.0 Å². The zero-order valence-corrected chi connectivity index (χ0v) is 20.6. The maximum Gasteiger partial charge on any atom is 0.245 e. The fraction of sp³-hybridized carbons (Fsp3) is 0.103. The van der Waals surface area contributed by atoms with Gasteiger partial charge >= 0.3 is 0 Å². The topological polar surface area (TPSA) is 39.0 Å². The van der Waals surface area contributed by atoms with E-state index in [1.54, 1.807) is 0 Å². The molecule has 0 N–H and O–H groups in total.